The second-order valence-corrected chi connectivity index (χ2v) is 7.36. The number of sulfonamides is 1. The van der Waals surface area contributed by atoms with Crippen molar-refractivity contribution >= 4 is 15.9 Å². The first-order valence-corrected chi connectivity index (χ1v) is 9.44. The Balaban J connectivity index is 1.97. The van der Waals surface area contributed by atoms with Crippen LogP contribution in [0.2, 0.25) is 0 Å². The van der Waals surface area contributed by atoms with E-state index in [1.165, 1.54) is 7.11 Å². The summed E-state index contributed by atoms with van der Waals surface area (Å²) in [5.74, 6) is 0.0994. The number of rotatable bonds is 9. The number of hydrogen-bond acceptors (Lipinski definition) is 7. The maximum absolute atomic E-state index is 12.4. The van der Waals surface area contributed by atoms with Crippen molar-refractivity contribution in [3.05, 3.63) is 41.0 Å². The summed E-state index contributed by atoms with van der Waals surface area (Å²) in [6.07, 6.45) is 1.84. The van der Waals surface area contributed by atoms with Crippen LogP contribution in [-0.4, -0.2) is 38.2 Å². The van der Waals surface area contributed by atoms with Gasteiger partial charge in [0.05, 0.1) is 18.8 Å². The molecule has 0 saturated carbocycles. The predicted molar refractivity (Wildman–Crippen MR) is 92.6 cm³/mol. The summed E-state index contributed by atoms with van der Waals surface area (Å²) in [6, 6.07) is 3.43. The van der Waals surface area contributed by atoms with Crippen molar-refractivity contribution in [2.75, 3.05) is 13.7 Å². The van der Waals surface area contributed by atoms with Gasteiger partial charge in [-0.15, -0.1) is 0 Å². The Labute approximate surface area is 152 Å². The molecule has 142 valence electrons. The van der Waals surface area contributed by atoms with Crippen molar-refractivity contribution in [2.24, 2.45) is 0 Å². The first-order valence-electron chi connectivity index (χ1n) is 7.95. The maximum Gasteiger partial charge on any atom is 0.246 e. The molecule has 2 N–H and O–H groups in total. The van der Waals surface area contributed by atoms with Crippen molar-refractivity contribution in [3.63, 3.8) is 0 Å². The molecule has 0 radical (unpaired) electrons. The Morgan fingerprint density at radius 3 is 2.73 bits per heavy atom. The van der Waals surface area contributed by atoms with E-state index in [1.54, 1.807) is 32.2 Å². The summed E-state index contributed by atoms with van der Waals surface area (Å²) in [6.45, 7) is 3.81. The number of ether oxygens (including phenoxy) is 1. The van der Waals surface area contributed by atoms with Crippen molar-refractivity contribution in [2.45, 2.75) is 38.3 Å². The van der Waals surface area contributed by atoms with Crippen molar-refractivity contribution in [3.8, 4) is 0 Å². The molecule has 0 atom stereocenters. The van der Waals surface area contributed by atoms with E-state index in [4.69, 9.17) is 9.26 Å². The number of aromatic nitrogens is 2. The Morgan fingerprint density at radius 2 is 2.08 bits per heavy atom. The van der Waals surface area contributed by atoms with Gasteiger partial charge in [-0.25, -0.2) is 13.1 Å². The highest BCUT2D eigenvalue weighted by atomic mass is 32.2. The van der Waals surface area contributed by atoms with E-state index in [-0.39, 0.29) is 36.1 Å². The molecule has 0 aliphatic rings. The molecule has 0 saturated heterocycles. The van der Waals surface area contributed by atoms with Gasteiger partial charge >= 0.3 is 0 Å². The highest BCUT2D eigenvalue weighted by molar-refractivity contribution is 7.89. The average Bonchev–Trinajstić information content (AvgIpc) is 2.96. The van der Waals surface area contributed by atoms with Gasteiger partial charge in [-0.1, -0.05) is 5.16 Å². The molecule has 2 aromatic rings. The zero-order valence-corrected chi connectivity index (χ0v) is 15.7. The largest absolute Gasteiger partial charge is 0.384 e. The van der Waals surface area contributed by atoms with E-state index in [1.807, 2.05) is 0 Å². The smallest absolute Gasteiger partial charge is 0.246 e. The van der Waals surface area contributed by atoms with Gasteiger partial charge in [-0.05, 0) is 31.5 Å². The van der Waals surface area contributed by atoms with Gasteiger partial charge in [-0.2, -0.15) is 0 Å². The number of pyridine rings is 1. The number of nitrogens with zero attached hydrogens (tertiary/aromatic N) is 2. The van der Waals surface area contributed by atoms with Gasteiger partial charge in [0.2, 0.25) is 15.9 Å². The first-order chi connectivity index (χ1) is 12.3. The lowest BCUT2D eigenvalue weighted by Gasteiger charge is -2.08. The molecule has 0 aliphatic carbocycles. The van der Waals surface area contributed by atoms with Crippen LogP contribution in [0.4, 0.5) is 0 Å². The Morgan fingerprint density at radius 1 is 1.31 bits per heavy atom. The number of carbonyl (C=O) groups excluding carboxylic acids is 1. The summed E-state index contributed by atoms with van der Waals surface area (Å²) in [5, 5.41) is 6.39. The monoisotopic (exact) mass is 382 g/mol. The number of amides is 1. The third-order valence-corrected chi connectivity index (χ3v) is 5.23. The fraction of sp³-hybridized carbons (Fsp3) is 0.438. The average molecular weight is 382 g/mol. The Bertz CT molecular complexity index is 844. The number of aryl methyl sites for hydroxylation is 2. The number of methoxy groups -OCH3 is 1. The van der Waals surface area contributed by atoms with Crippen LogP contribution in [-0.2, 0) is 32.6 Å². The van der Waals surface area contributed by atoms with Crippen LogP contribution in [0.25, 0.3) is 0 Å². The molecule has 2 aromatic heterocycles. The summed E-state index contributed by atoms with van der Waals surface area (Å²) < 4.78 is 37.1. The predicted octanol–water partition coefficient (Wildman–Crippen LogP) is 0.818. The van der Waals surface area contributed by atoms with Crippen LogP contribution in [0, 0.1) is 13.8 Å². The molecule has 26 heavy (non-hydrogen) atoms. The zero-order valence-electron chi connectivity index (χ0n) is 14.9. The van der Waals surface area contributed by atoms with Crippen molar-refractivity contribution in [1.29, 1.82) is 0 Å². The van der Waals surface area contributed by atoms with Crippen LogP contribution < -0.4 is 10.0 Å². The van der Waals surface area contributed by atoms with E-state index in [0.29, 0.717) is 18.0 Å². The van der Waals surface area contributed by atoms with Gasteiger partial charge in [0, 0.05) is 26.3 Å². The SMILES string of the molecule is COCCC(=O)NCc1cc(CNS(=O)(=O)c2c(C)noc2C)ccn1. The van der Waals surface area contributed by atoms with Crippen LogP contribution in [0.15, 0.2) is 27.7 Å². The van der Waals surface area contributed by atoms with E-state index in [2.05, 4.69) is 20.2 Å². The second-order valence-electron chi connectivity index (χ2n) is 5.65. The highest BCUT2D eigenvalue weighted by Gasteiger charge is 2.23. The number of nitrogens with one attached hydrogen (secondary N) is 2. The van der Waals surface area contributed by atoms with Crippen LogP contribution in [0.5, 0.6) is 0 Å². The first kappa shape index (κ1) is 20.0. The van der Waals surface area contributed by atoms with Gasteiger partial charge in [0.1, 0.15) is 10.6 Å². The maximum atomic E-state index is 12.4. The molecular formula is C16H22N4O5S. The zero-order chi connectivity index (χ0) is 19.2. The van der Waals surface area contributed by atoms with Crippen molar-refractivity contribution in [1.82, 2.24) is 20.2 Å². The molecule has 0 fully saturated rings. The molecule has 2 heterocycles. The highest BCUT2D eigenvalue weighted by Crippen LogP contribution is 2.18. The van der Waals surface area contributed by atoms with E-state index in [0.717, 1.165) is 5.56 Å². The fourth-order valence-electron chi connectivity index (χ4n) is 2.32. The third kappa shape index (κ3) is 5.35. The molecule has 0 aromatic carbocycles. The molecule has 9 nitrogen and oxygen atoms in total. The standard InChI is InChI=1S/C16H22N4O5S/c1-11-16(12(2)25-20-11)26(22,23)19-9-13-4-6-17-14(8-13)10-18-15(21)5-7-24-3/h4,6,8,19H,5,7,9-10H2,1-3H3,(H,18,21). The summed E-state index contributed by atoms with van der Waals surface area (Å²) >= 11 is 0. The van der Waals surface area contributed by atoms with Crippen LogP contribution in [0.3, 0.4) is 0 Å². The van der Waals surface area contributed by atoms with Crippen LogP contribution in [0.1, 0.15) is 29.1 Å². The van der Waals surface area contributed by atoms with Gasteiger partial charge < -0.3 is 14.6 Å². The summed E-state index contributed by atoms with van der Waals surface area (Å²) in [7, 11) is -2.21. The number of carbonyl (C=O) groups is 1. The quantitative estimate of drug-likeness (QED) is 0.658. The Kier molecular flexibility index (Phi) is 6.83. The minimum Gasteiger partial charge on any atom is -0.384 e. The molecule has 2 rings (SSSR count). The van der Waals surface area contributed by atoms with Crippen LogP contribution >= 0.6 is 0 Å². The molecule has 1 amide bonds. The minimum absolute atomic E-state index is 0.0530. The molecular weight excluding hydrogens is 360 g/mol. The lowest BCUT2D eigenvalue weighted by Crippen LogP contribution is -2.25. The van der Waals surface area contributed by atoms with Gasteiger partial charge in [0.25, 0.3) is 0 Å². The molecule has 10 heteroatoms. The number of hydrogen-bond donors (Lipinski definition) is 2. The Hall–Kier alpha value is -2.30. The minimum atomic E-state index is -3.74. The van der Waals surface area contributed by atoms with Gasteiger partial charge in [-0.3, -0.25) is 9.78 Å². The second kappa shape index (κ2) is 8.88. The summed E-state index contributed by atoms with van der Waals surface area (Å²) in [5.41, 5.74) is 1.66. The topological polar surface area (TPSA) is 123 Å². The fourth-order valence-corrected chi connectivity index (χ4v) is 3.66. The lowest BCUT2D eigenvalue weighted by molar-refractivity contribution is -0.122. The molecule has 0 unspecified atom stereocenters. The van der Waals surface area contributed by atoms with Crippen molar-refractivity contribution < 1.29 is 22.5 Å². The lowest BCUT2D eigenvalue weighted by atomic mass is 10.2. The van der Waals surface area contributed by atoms with E-state index in [9.17, 15) is 13.2 Å². The summed E-state index contributed by atoms with van der Waals surface area (Å²) in [4.78, 5) is 15.8. The van der Waals surface area contributed by atoms with E-state index < -0.39 is 10.0 Å². The third-order valence-electron chi connectivity index (χ3n) is 3.58. The molecule has 0 bridgehead atoms. The van der Waals surface area contributed by atoms with Gasteiger partial charge in [0.15, 0.2) is 5.76 Å². The molecule has 0 spiro atoms. The normalized spacial score (nSPS) is 11.5. The van der Waals surface area contributed by atoms with E-state index >= 15 is 0 Å². The molecule has 0 aliphatic heterocycles.